The van der Waals surface area contributed by atoms with Crippen LogP contribution in [-0.4, -0.2) is 26.9 Å². The van der Waals surface area contributed by atoms with Crippen LogP contribution in [0.25, 0.3) is 11.1 Å². The van der Waals surface area contributed by atoms with Crippen LogP contribution in [0, 0.1) is 6.92 Å². The lowest BCUT2D eigenvalue weighted by molar-refractivity contribution is -0.137. The number of carbonyl (C=O) groups is 2. The molecule has 0 unspecified atom stereocenters. The van der Waals surface area contributed by atoms with Gasteiger partial charge < -0.3 is 15.7 Å². The van der Waals surface area contributed by atoms with Crippen molar-refractivity contribution in [1.29, 1.82) is 0 Å². The van der Waals surface area contributed by atoms with E-state index in [4.69, 9.17) is 5.11 Å². The van der Waals surface area contributed by atoms with E-state index in [1.807, 2.05) is 62.4 Å². The number of amides is 2. The normalized spacial score (nSPS) is 11.5. The molecule has 0 aliphatic heterocycles. The lowest BCUT2D eigenvalue weighted by Crippen LogP contribution is -2.24. The Morgan fingerprint density at radius 1 is 0.946 bits per heavy atom. The van der Waals surface area contributed by atoms with Crippen LogP contribution in [0.3, 0.4) is 0 Å². The molecule has 0 fully saturated rings. The van der Waals surface area contributed by atoms with E-state index in [1.165, 1.54) is 4.68 Å². The SMILES string of the molecule is Cc1ccccc1NC(=O)Nc1ccc(-c2ccnn(Cc3ccc([C@H](C)CC(=O)O)cc3)c2=O)cc1. The highest BCUT2D eigenvalue weighted by Crippen LogP contribution is 2.21. The van der Waals surface area contributed by atoms with Crippen molar-refractivity contribution < 1.29 is 14.7 Å². The standard InChI is InChI=1S/C29H28N4O4/c1-19-5-3-4-6-26(19)32-29(37)31-24-13-11-23(12-14-24)25-15-16-30-33(28(25)36)18-21-7-9-22(10-8-21)20(2)17-27(34)35/h3-16,20H,17-18H2,1-2H3,(H,34,35)(H2,31,32,37)/t20-/m1/s1. The number of aromatic nitrogens is 2. The molecule has 2 amide bonds. The number of benzene rings is 3. The second kappa shape index (κ2) is 11.3. The Labute approximate surface area is 214 Å². The summed E-state index contributed by atoms with van der Waals surface area (Å²) in [5, 5.41) is 18.8. The van der Waals surface area contributed by atoms with Gasteiger partial charge in [-0.3, -0.25) is 9.59 Å². The molecule has 0 aliphatic rings. The van der Waals surface area contributed by atoms with E-state index < -0.39 is 5.97 Å². The van der Waals surface area contributed by atoms with E-state index in [1.54, 1.807) is 36.5 Å². The Morgan fingerprint density at radius 2 is 1.65 bits per heavy atom. The van der Waals surface area contributed by atoms with Crippen molar-refractivity contribution in [3.8, 4) is 11.1 Å². The summed E-state index contributed by atoms with van der Waals surface area (Å²) < 4.78 is 1.40. The number of rotatable bonds is 8. The first-order valence-electron chi connectivity index (χ1n) is 11.9. The van der Waals surface area contributed by atoms with Crippen molar-refractivity contribution in [2.45, 2.75) is 32.7 Å². The summed E-state index contributed by atoms with van der Waals surface area (Å²) in [5.74, 6) is -0.930. The van der Waals surface area contributed by atoms with E-state index >= 15 is 0 Å². The van der Waals surface area contributed by atoms with Gasteiger partial charge in [-0.25, -0.2) is 9.48 Å². The molecule has 0 radical (unpaired) electrons. The molecule has 1 aromatic heterocycles. The molecule has 1 atom stereocenters. The smallest absolute Gasteiger partial charge is 0.323 e. The number of carboxylic acid groups (broad SMARTS) is 1. The molecule has 0 bridgehead atoms. The molecule has 0 spiro atoms. The van der Waals surface area contributed by atoms with Gasteiger partial charge in [0.05, 0.1) is 18.5 Å². The number of aliphatic carboxylic acids is 1. The van der Waals surface area contributed by atoms with Gasteiger partial charge in [0, 0.05) is 17.6 Å². The second-order valence-electron chi connectivity index (χ2n) is 8.92. The molecule has 0 aliphatic carbocycles. The number of urea groups is 1. The summed E-state index contributed by atoms with van der Waals surface area (Å²) in [6.45, 7) is 4.08. The van der Waals surface area contributed by atoms with Gasteiger partial charge in [-0.15, -0.1) is 0 Å². The van der Waals surface area contributed by atoms with Crippen molar-refractivity contribution in [1.82, 2.24) is 9.78 Å². The molecule has 1 heterocycles. The molecular weight excluding hydrogens is 468 g/mol. The molecule has 4 aromatic rings. The third-order valence-electron chi connectivity index (χ3n) is 6.12. The van der Waals surface area contributed by atoms with Gasteiger partial charge in [-0.2, -0.15) is 5.10 Å². The number of hydrogen-bond acceptors (Lipinski definition) is 4. The van der Waals surface area contributed by atoms with E-state index in [0.29, 0.717) is 23.4 Å². The second-order valence-corrected chi connectivity index (χ2v) is 8.92. The predicted octanol–water partition coefficient (Wildman–Crippen LogP) is 5.49. The fourth-order valence-electron chi connectivity index (χ4n) is 4.02. The Hall–Kier alpha value is -4.72. The lowest BCUT2D eigenvalue weighted by atomic mass is 9.97. The minimum Gasteiger partial charge on any atom is -0.481 e. The van der Waals surface area contributed by atoms with Crippen LogP contribution in [0.4, 0.5) is 16.2 Å². The van der Waals surface area contributed by atoms with Gasteiger partial charge >= 0.3 is 12.0 Å². The highest BCUT2D eigenvalue weighted by Gasteiger charge is 2.12. The van der Waals surface area contributed by atoms with Crippen LogP contribution < -0.4 is 16.2 Å². The molecule has 37 heavy (non-hydrogen) atoms. The highest BCUT2D eigenvalue weighted by molar-refractivity contribution is 6.00. The summed E-state index contributed by atoms with van der Waals surface area (Å²) >= 11 is 0. The third-order valence-corrected chi connectivity index (χ3v) is 6.12. The number of carboxylic acids is 1. The zero-order chi connectivity index (χ0) is 26.4. The van der Waals surface area contributed by atoms with E-state index in [-0.39, 0.29) is 23.9 Å². The summed E-state index contributed by atoms with van der Waals surface area (Å²) in [6, 6.07) is 23.4. The number of nitrogens with one attached hydrogen (secondary N) is 2. The quantitative estimate of drug-likeness (QED) is 0.299. The Bertz CT molecular complexity index is 1460. The number of para-hydroxylation sites is 1. The van der Waals surface area contributed by atoms with E-state index in [0.717, 1.165) is 22.4 Å². The Kier molecular flexibility index (Phi) is 7.78. The predicted molar refractivity (Wildman–Crippen MR) is 144 cm³/mol. The van der Waals surface area contributed by atoms with Crippen molar-refractivity contribution in [2.24, 2.45) is 0 Å². The fourth-order valence-corrected chi connectivity index (χ4v) is 4.02. The first-order valence-corrected chi connectivity index (χ1v) is 11.9. The van der Waals surface area contributed by atoms with Crippen LogP contribution in [-0.2, 0) is 11.3 Å². The zero-order valence-corrected chi connectivity index (χ0v) is 20.6. The van der Waals surface area contributed by atoms with Gasteiger partial charge in [0.25, 0.3) is 5.56 Å². The first-order chi connectivity index (χ1) is 17.8. The maximum atomic E-state index is 13.1. The first kappa shape index (κ1) is 25.4. The van der Waals surface area contributed by atoms with Gasteiger partial charge in [-0.05, 0) is 59.4 Å². The third kappa shape index (κ3) is 6.49. The van der Waals surface area contributed by atoms with E-state index in [9.17, 15) is 14.4 Å². The van der Waals surface area contributed by atoms with Crippen molar-refractivity contribution >= 4 is 23.4 Å². The monoisotopic (exact) mass is 496 g/mol. The summed E-state index contributed by atoms with van der Waals surface area (Å²) in [4.78, 5) is 36.4. The van der Waals surface area contributed by atoms with Gasteiger partial charge in [0.15, 0.2) is 0 Å². The van der Waals surface area contributed by atoms with Crippen LogP contribution in [0.2, 0.25) is 0 Å². The number of nitrogens with zero attached hydrogens (tertiary/aromatic N) is 2. The van der Waals surface area contributed by atoms with E-state index in [2.05, 4.69) is 15.7 Å². The lowest BCUT2D eigenvalue weighted by Gasteiger charge is -2.12. The molecule has 8 nitrogen and oxygen atoms in total. The minimum atomic E-state index is -0.835. The maximum absolute atomic E-state index is 13.1. The van der Waals surface area contributed by atoms with Gasteiger partial charge in [-0.1, -0.05) is 61.5 Å². The number of carbonyl (C=O) groups excluding carboxylic acids is 1. The largest absolute Gasteiger partial charge is 0.481 e. The Balaban J connectivity index is 1.44. The van der Waals surface area contributed by atoms with Crippen LogP contribution in [0.15, 0.2) is 89.9 Å². The fraction of sp³-hybridized carbons (Fsp3) is 0.172. The average Bonchev–Trinajstić information content (AvgIpc) is 2.87. The molecule has 8 heteroatoms. The van der Waals surface area contributed by atoms with Gasteiger partial charge in [0.1, 0.15) is 0 Å². The number of hydrogen-bond donors (Lipinski definition) is 3. The molecular formula is C29H28N4O4. The van der Waals surface area contributed by atoms with Crippen molar-refractivity contribution in [3.05, 3.63) is 112 Å². The maximum Gasteiger partial charge on any atom is 0.323 e. The zero-order valence-electron chi connectivity index (χ0n) is 20.6. The molecule has 188 valence electrons. The molecule has 3 N–H and O–H groups in total. The van der Waals surface area contributed by atoms with Crippen LogP contribution in [0.5, 0.6) is 0 Å². The van der Waals surface area contributed by atoms with Gasteiger partial charge in [0.2, 0.25) is 0 Å². The topological polar surface area (TPSA) is 113 Å². The molecule has 3 aromatic carbocycles. The van der Waals surface area contributed by atoms with Crippen molar-refractivity contribution in [2.75, 3.05) is 10.6 Å². The molecule has 4 rings (SSSR count). The minimum absolute atomic E-state index is 0.0636. The molecule has 0 saturated heterocycles. The van der Waals surface area contributed by atoms with Crippen LogP contribution in [0.1, 0.15) is 36.0 Å². The summed E-state index contributed by atoms with van der Waals surface area (Å²) in [7, 11) is 0. The summed E-state index contributed by atoms with van der Waals surface area (Å²) in [6.07, 6.45) is 1.65. The highest BCUT2D eigenvalue weighted by atomic mass is 16.4. The Morgan fingerprint density at radius 3 is 2.32 bits per heavy atom. The van der Waals surface area contributed by atoms with Crippen LogP contribution >= 0.6 is 0 Å². The van der Waals surface area contributed by atoms with Crippen molar-refractivity contribution in [3.63, 3.8) is 0 Å². The summed E-state index contributed by atoms with van der Waals surface area (Å²) in [5.41, 5.74) is 5.09. The molecule has 0 saturated carbocycles. The number of anilines is 2. The number of aryl methyl sites for hydroxylation is 1. The average molecular weight is 497 g/mol.